The second-order valence-corrected chi connectivity index (χ2v) is 7.56. The van der Waals surface area contributed by atoms with Gasteiger partial charge in [0.2, 0.25) is 6.54 Å². The van der Waals surface area contributed by atoms with Crippen LogP contribution in [0.5, 0.6) is 0 Å². The minimum Gasteiger partial charge on any atom is -0.320 e. The van der Waals surface area contributed by atoms with Crippen LogP contribution in [-0.2, 0) is 11.3 Å². The normalized spacial score (nSPS) is 10.6. The van der Waals surface area contributed by atoms with E-state index >= 15 is 0 Å². The van der Waals surface area contributed by atoms with Crippen LogP contribution in [0.15, 0.2) is 76.7 Å². The van der Waals surface area contributed by atoms with Gasteiger partial charge in [0.05, 0.1) is 5.69 Å². The first-order valence-electron chi connectivity index (χ1n) is 8.31. The monoisotopic (exact) mass is 383 g/mol. The minimum atomic E-state index is -0.0483. The fraction of sp³-hybridized carbons (Fsp3) is 0.143. The van der Waals surface area contributed by atoms with Crippen LogP contribution in [0.4, 0.5) is 5.69 Å². The number of carbonyl (C=O) groups is 1. The lowest BCUT2D eigenvalue weighted by molar-refractivity contribution is -0.690. The van der Waals surface area contributed by atoms with Crippen molar-refractivity contribution < 1.29 is 9.36 Å². The van der Waals surface area contributed by atoms with E-state index in [9.17, 15) is 4.79 Å². The average Bonchev–Trinajstić information content (AvgIpc) is 2.62. The molecule has 0 spiro atoms. The second-order valence-electron chi connectivity index (χ2n) is 6.00. The predicted molar refractivity (Wildman–Crippen MR) is 107 cm³/mol. The van der Waals surface area contributed by atoms with Crippen LogP contribution in [0.25, 0.3) is 0 Å². The number of hydrogen-bond donors (Lipinski definition) is 1. The zero-order valence-electron chi connectivity index (χ0n) is 14.7. The molecule has 0 aliphatic rings. The number of rotatable bonds is 5. The van der Waals surface area contributed by atoms with E-state index in [2.05, 4.69) is 5.32 Å². The van der Waals surface area contributed by atoms with Gasteiger partial charge in [-0.3, -0.25) is 4.79 Å². The topological polar surface area (TPSA) is 33.0 Å². The molecule has 0 aliphatic carbocycles. The van der Waals surface area contributed by atoms with Gasteiger partial charge in [-0.05, 0) is 49.4 Å². The van der Waals surface area contributed by atoms with E-state index in [1.807, 2.05) is 85.3 Å². The van der Waals surface area contributed by atoms with Crippen LogP contribution < -0.4 is 9.88 Å². The van der Waals surface area contributed by atoms with Gasteiger partial charge in [-0.25, -0.2) is 0 Å². The number of hydrogen-bond acceptors (Lipinski definition) is 2. The van der Waals surface area contributed by atoms with Crippen LogP contribution in [0, 0.1) is 13.8 Å². The highest BCUT2D eigenvalue weighted by Crippen LogP contribution is 2.33. The maximum atomic E-state index is 12.5. The van der Waals surface area contributed by atoms with Crippen LogP contribution >= 0.6 is 23.4 Å². The molecule has 5 heteroatoms. The molecule has 3 aromatic rings. The van der Waals surface area contributed by atoms with Gasteiger partial charge in [-0.15, -0.1) is 0 Å². The molecule has 0 radical (unpaired) electrons. The Kier molecular flexibility index (Phi) is 5.96. The smallest absolute Gasteiger partial charge is 0.290 e. The quantitative estimate of drug-likeness (QED) is 0.626. The molecule has 0 fully saturated rings. The fourth-order valence-electron chi connectivity index (χ4n) is 2.55. The third-order valence-electron chi connectivity index (χ3n) is 4.13. The molecule has 1 heterocycles. The van der Waals surface area contributed by atoms with Crippen LogP contribution in [0.3, 0.4) is 0 Å². The SMILES string of the molecule is Cc1ccc[n+](CC(=O)Nc2ccccc2Sc2ccc(Cl)cc2)c1C. The lowest BCUT2D eigenvalue weighted by atomic mass is 10.2. The Morgan fingerprint density at radius 2 is 1.77 bits per heavy atom. The lowest BCUT2D eigenvalue weighted by Gasteiger charge is -2.10. The number of nitrogens with zero attached hydrogens (tertiary/aromatic N) is 1. The van der Waals surface area contributed by atoms with E-state index in [-0.39, 0.29) is 12.5 Å². The molecule has 0 aliphatic heterocycles. The zero-order chi connectivity index (χ0) is 18.5. The van der Waals surface area contributed by atoms with E-state index in [1.54, 1.807) is 11.8 Å². The van der Waals surface area contributed by atoms with Crippen LogP contribution in [-0.4, -0.2) is 5.91 Å². The van der Waals surface area contributed by atoms with Crippen LogP contribution in [0.1, 0.15) is 11.3 Å². The first kappa shape index (κ1) is 18.5. The molecule has 0 saturated heterocycles. The molecular weight excluding hydrogens is 364 g/mol. The van der Waals surface area contributed by atoms with Crippen molar-refractivity contribution in [1.29, 1.82) is 0 Å². The molecule has 0 atom stereocenters. The molecule has 1 aromatic heterocycles. The summed E-state index contributed by atoms with van der Waals surface area (Å²) in [6, 6.07) is 19.5. The standard InChI is InChI=1S/C21H19ClN2OS/c1-15-6-5-13-24(16(15)2)14-21(25)23-19-7-3-4-8-20(19)26-18-11-9-17(22)10-12-18/h3-13H,14H2,1-2H3/p+1. The number of anilines is 1. The Balaban J connectivity index is 1.74. The van der Waals surface area contributed by atoms with E-state index in [0.717, 1.165) is 21.2 Å². The summed E-state index contributed by atoms with van der Waals surface area (Å²) in [5.74, 6) is -0.0483. The van der Waals surface area contributed by atoms with Crippen molar-refractivity contribution in [2.24, 2.45) is 0 Å². The molecule has 3 rings (SSSR count). The molecule has 1 amide bonds. The average molecular weight is 384 g/mol. The molecular formula is C21H20ClN2OS+. The van der Waals surface area contributed by atoms with Gasteiger partial charge in [0.1, 0.15) is 0 Å². The van der Waals surface area contributed by atoms with Crippen molar-refractivity contribution in [3.63, 3.8) is 0 Å². The third-order valence-corrected chi connectivity index (χ3v) is 5.47. The summed E-state index contributed by atoms with van der Waals surface area (Å²) in [5.41, 5.74) is 3.06. The molecule has 2 aromatic carbocycles. The number of pyridine rings is 1. The molecule has 1 N–H and O–H groups in total. The first-order chi connectivity index (χ1) is 12.5. The van der Waals surface area contributed by atoms with Crippen molar-refractivity contribution in [2.75, 3.05) is 5.32 Å². The van der Waals surface area contributed by atoms with E-state index in [1.165, 1.54) is 5.56 Å². The van der Waals surface area contributed by atoms with Gasteiger partial charge in [0, 0.05) is 33.4 Å². The Bertz CT molecular complexity index is 926. The Morgan fingerprint density at radius 1 is 1.04 bits per heavy atom. The summed E-state index contributed by atoms with van der Waals surface area (Å²) < 4.78 is 1.96. The van der Waals surface area contributed by atoms with Crippen molar-refractivity contribution in [3.8, 4) is 0 Å². The molecule has 0 bridgehead atoms. The van der Waals surface area contributed by atoms with Gasteiger partial charge >= 0.3 is 0 Å². The third kappa shape index (κ3) is 4.65. The summed E-state index contributed by atoms with van der Waals surface area (Å²) in [6.45, 7) is 4.35. The summed E-state index contributed by atoms with van der Waals surface area (Å²) in [7, 11) is 0. The van der Waals surface area contributed by atoms with Gasteiger partial charge in [-0.2, -0.15) is 4.57 Å². The largest absolute Gasteiger partial charge is 0.320 e. The summed E-state index contributed by atoms with van der Waals surface area (Å²) >= 11 is 7.54. The first-order valence-corrected chi connectivity index (χ1v) is 9.50. The van der Waals surface area contributed by atoms with E-state index in [4.69, 9.17) is 11.6 Å². The number of aryl methyl sites for hydroxylation is 1. The number of halogens is 1. The molecule has 0 unspecified atom stereocenters. The van der Waals surface area contributed by atoms with Gasteiger partial charge < -0.3 is 5.32 Å². The highest BCUT2D eigenvalue weighted by atomic mass is 35.5. The second kappa shape index (κ2) is 8.39. The highest BCUT2D eigenvalue weighted by Gasteiger charge is 2.15. The number of nitrogens with one attached hydrogen (secondary N) is 1. The number of carbonyl (C=O) groups excluding carboxylic acids is 1. The van der Waals surface area contributed by atoms with E-state index in [0.29, 0.717) is 5.02 Å². The van der Waals surface area contributed by atoms with E-state index < -0.39 is 0 Å². The molecule has 26 heavy (non-hydrogen) atoms. The molecule has 0 saturated carbocycles. The Morgan fingerprint density at radius 3 is 2.54 bits per heavy atom. The zero-order valence-corrected chi connectivity index (χ0v) is 16.3. The number of para-hydroxylation sites is 1. The van der Waals surface area contributed by atoms with Crippen molar-refractivity contribution in [3.05, 3.63) is 83.1 Å². The maximum absolute atomic E-state index is 12.5. The van der Waals surface area contributed by atoms with Gasteiger partial charge in [-0.1, -0.05) is 35.5 Å². The highest BCUT2D eigenvalue weighted by molar-refractivity contribution is 7.99. The molecule has 3 nitrogen and oxygen atoms in total. The van der Waals surface area contributed by atoms with Crippen molar-refractivity contribution >= 4 is 35.0 Å². The summed E-state index contributed by atoms with van der Waals surface area (Å²) in [5, 5.41) is 3.74. The molecule has 132 valence electrons. The van der Waals surface area contributed by atoms with Crippen molar-refractivity contribution in [1.82, 2.24) is 0 Å². The fourth-order valence-corrected chi connectivity index (χ4v) is 3.58. The minimum absolute atomic E-state index is 0.0483. The van der Waals surface area contributed by atoms with Gasteiger partial charge in [0.15, 0.2) is 11.9 Å². The maximum Gasteiger partial charge on any atom is 0.290 e. The summed E-state index contributed by atoms with van der Waals surface area (Å²) in [4.78, 5) is 14.6. The predicted octanol–water partition coefficient (Wildman–Crippen LogP) is 5.03. The van der Waals surface area contributed by atoms with Gasteiger partial charge in [0.25, 0.3) is 5.91 Å². The van der Waals surface area contributed by atoms with Crippen LogP contribution in [0.2, 0.25) is 5.02 Å². The Labute approximate surface area is 163 Å². The summed E-state index contributed by atoms with van der Waals surface area (Å²) in [6.07, 6.45) is 1.93. The lowest BCUT2D eigenvalue weighted by Crippen LogP contribution is -2.43. The Hall–Kier alpha value is -2.30. The number of aromatic nitrogens is 1. The van der Waals surface area contributed by atoms with Crippen molar-refractivity contribution in [2.45, 2.75) is 30.2 Å². The number of benzene rings is 2. The number of amides is 1.